The summed E-state index contributed by atoms with van der Waals surface area (Å²) < 4.78 is 2.21. The molecule has 0 spiro atoms. The van der Waals surface area contributed by atoms with Crippen LogP contribution >= 0.6 is 24.0 Å². The fourth-order valence-corrected chi connectivity index (χ4v) is 3.39. The Morgan fingerprint density at radius 2 is 1.81 bits per heavy atom. The number of aromatic nitrogens is 2. The van der Waals surface area contributed by atoms with E-state index in [1.54, 1.807) is 6.20 Å². The summed E-state index contributed by atoms with van der Waals surface area (Å²) in [7, 11) is 0. The maximum absolute atomic E-state index is 6.01. The molecule has 2 heterocycles. The minimum atomic E-state index is 0. The van der Waals surface area contributed by atoms with Gasteiger partial charge in [0.25, 0.3) is 0 Å². The van der Waals surface area contributed by atoms with Crippen molar-refractivity contribution in [2.24, 2.45) is 4.99 Å². The zero-order valence-electron chi connectivity index (χ0n) is 15.1. The molecule has 3 nitrogen and oxygen atoms in total. The quantitative estimate of drug-likeness (QED) is 0.365. The molecule has 0 saturated heterocycles. The van der Waals surface area contributed by atoms with E-state index in [4.69, 9.17) is 16.6 Å². The van der Waals surface area contributed by atoms with Crippen LogP contribution in [0.4, 0.5) is 5.69 Å². The van der Waals surface area contributed by atoms with Crippen molar-refractivity contribution in [3.63, 3.8) is 0 Å². The number of aryl methyl sites for hydroxylation is 1. The molecule has 0 fully saturated rings. The average molecular weight is 396 g/mol. The average Bonchev–Trinajstić information content (AvgIpc) is 2.94. The van der Waals surface area contributed by atoms with Crippen molar-refractivity contribution in [3.8, 4) is 5.69 Å². The number of pyridine rings is 1. The van der Waals surface area contributed by atoms with Gasteiger partial charge >= 0.3 is 0 Å². The molecule has 136 valence electrons. The summed E-state index contributed by atoms with van der Waals surface area (Å²) in [6, 6.07) is 18.1. The van der Waals surface area contributed by atoms with E-state index in [-0.39, 0.29) is 12.4 Å². The Labute approximate surface area is 169 Å². The van der Waals surface area contributed by atoms with Crippen molar-refractivity contribution in [2.45, 2.75) is 13.8 Å². The van der Waals surface area contributed by atoms with Crippen molar-refractivity contribution in [1.29, 1.82) is 0 Å². The first-order valence-corrected chi connectivity index (χ1v) is 8.83. The number of nitrogens with zero attached hydrogens (tertiary/aromatic N) is 3. The van der Waals surface area contributed by atoms with E-state index < -0.39 is 0 Å². The molecule has 4 aromatic rings. The number of fused-ring (bicyclic) bond motifs is 1. The summed E-state index contributed by atoms with van der Waals surface area (Å²) in [6.45, 7) is 4.21. The van der Waals surface area contributed by atoms with Crippen LogP contribution in [0.3, 0.4) is 0 Å². The second kappa shape index (κ2) is 7.95. The number of hydrogen-bond acceptors (Lipinski definition) is 2. The molecule has 0 amide bonds. The van der Waals surface area contributed by atoms with E-state index in [0.29, 0.717) is 0 Å². The van der Waals surface area contributed by atoms with Gasteiger partial charge in [-0.1, -0.05) is 23.7 Å². The smallest absolute Gasteiger partial charge is 0.0709 e. The molecule has 0 aliphatic carbocycles. The van der Waals surface area contributed by atoms with E-state index in [1.165, 1.54) is 0 Å². The Bertz CT molecular complexity index is 1110. The Morgan fingerprint density at radius 3 is 2.59 bits per heavy atom. The third-order valence-corrected chi connectivity index (χ3v) is 4.81. The number of aliphatic imine (C=N–C) groups is 1. The molecule has 0 bridgehead atoms. The van der Waals surface area contributed by atoms with Crippen molar-refractivity contribution in [2.75, 3.05) is 0 Å². The lowest BCUT2D eigenvalue weighted by molar-refractivity contribution is 0.965. The molecule has 2 aromatic heterocycles. The summed E-state index contributed by atoms with van der Waals surface area (Å²) in [5.74, 6) is 0. The number of rotatable bonds is 3. The maximum Gasteiger partial charge on any atom is 0.0709 e. The lowest BCUT2D eigenvalue weighted by Crippen LogP contribution is -1.99. The lowest BCUT2D eigenvalue weighted by atomic mass is 10.1. The minimum absolute atomic E-state index is 0. The molecule has 0 atom stereocenters. The molecule has 0 aliphatic rings. The second-order valence-electron chi connectivity index (χ2n) is 6.27. The van der Waals surface area contributed by atoms with E-state index in [9.17, 15) is 0 Å². The van der Waals surface area contributed by atoms with Gasteiger partial charge in [-0.2, -0.15) is 0 Å². The Kier molecular flexibility index (Phi) is 5.64. The Morgan fingerprint density at radius 1 is 1.04 bits per heavy atom. The van der Waals surface area contributed by atoms with Gasteiger partial charge in [-0.05, 0) is 56.3 Å². The second-order valence-corrected chi connectivity index (χ2v) is 6.71. The monoisotopic (exact) mass is 395 g/mol. The normalized spacial score (nSPS) is 11.1. The predicted octanol–water partition coefficient (Wildman–Crippen LogP) is 6.47. The van der Waals surface area contributed by atoms with Crippen molar-refractivity contribution in [3.05, 3.63) is 89.0 Å². The fraction of sp³-hybridized carbons (Fsp3) is 0.0909. The number of hydrogen-bond donors (Lipinski definition) is 0. The highest BCUT2D eigenvalue weighted by Gasteiger charge is 2.09. The molecule has 0 radical (unpaired) electrons. The fourth-order valence-electron chi connectivity index (χ4n) is 3.26. The largest absolute Gasteiger partial charge is 0.318 e. The van der Waals surface area contributed by atoms with Gasteiger partial charge in [-0.3, -0.25) is 9.98 Å². The highest BCUT2D eigenvalue weighted by Crippen LogP contribution is 2.26. The molecule has 0 aliphatic heterocycles. The van der Waals surface area contributed by atoms with Gasteiger partial charge in [0.1, 0.15) is 0 Å². The molecular weight excluding hydrogens is 377 g/mol. The van der Waals surface area contributed by atoms with Crippen LogP contribution < -0.4 is 0 Å². The zero-order chi connectivity index (χ0) is 18.1. The summed E-state index contributed by atoms with van der Waals surface area (Å²) in [4.78, 5) is 8.92. The maximum atomic E-state index is 6.01. The first-order chi connectivity index (χ1) is 12.6. The molecule has 5 heteroatoms. The van der Waals surface area contributed by atoms with Crippen LogP contribution in [0, 0.1) is 13.8 Å². The van der Waals surface area contributed by atoms with Gasteiger partial charge in [-0.25, -0.2) is 0 Å². The van der Waals surface area contributed by atoms with Gasteiger partial charge in [0.05, 0.1) is 5.69 Å². The van der Waals surface area contributed by atoms with E-state index >= 15 is 0 Å². The van der Waals surface area contributed by atoms with Crippen LogP contribution in [0.1, 0.15) is 17.0 Å². The van der Waals surface area contributed by atoms with E-state index in [2.05, 4.69) is 29.5 Å². The molecular formula is C22H19Cl2N3. The van der Waals surface area contributed by atoms with Gasteiger partial charge in [0.2, 0.25) is 0 Å². The minimum Gasteiger partial charge on any atom is -0.318 e. The molecule has 4 rings (SSSR count). The van der Waals surface area contributed by atoms with Crippen LogP contribution in [0.25, 0.3) is 16.5 Å². The lowest BCUT2D eigenvalue weighted by Gasteiger charge is -2.09. The van der Waals surface area contributed by atoms with Gasteiger partial charge in [-0.15, -0.1) is 12.4 Å². The van der Waals surface area contributed by atoms with Crippen LogP contribution in [0.2, 0.25) is 5.02 Å². The summed E-state index contributed by atoms with van der Waals surface area (Å²) in [5.41, 5.74) is 5.45. The van der Waals surface area contributed by atoms with E-state index in [0.717, 1.165) is 44.1 Å². The standard InChI is InChI=1S/C22H18ClN3.ClH/c1-15-12-18(16(2)26(15)20-8-6-19(23)7-9-20)14-25-22-5-3-4-17-13-24-11-10-21(17)22;/h3-14H,1-2H3;1H. The molecule has 0 unspecified atom stereocenters. The van der Waals surface area contributed by atoms with Gasteiger partial charge in [0.15, 0.2) is 0 Å². The Balaban J connectivity index is 0.00000210. The summed E-state index contributed by atoms with van der Waals surface area (Å²) >= 11 is 6.01. The van der Waals surface area contributed by atoms with Crippen LogP contribution in [-0.4, -0.2) is 15.8 Å². The number of halogens is 2. The summed E-state index contributed by atoms with van der Waals surface area (Å²) in [5, 5.41) is 2.93. The van der Waals surface area contributed by atoms with Gasteiger partial charge < -0.3 is 4.57 Å². The third-order valence-electron chi connectivity index (χ3n) is 4.56. The molecule has 27 heavy (non-hydrogen) atoms. The third kappa shape index (κ3) is 3.75. The van der Waals surface area contributed by atoms with Crippen LogP contribution in [-0.2, 0) is 0 Å². The van der Waals surface area contributed by atoms with Crippen LogP contribution in [0.5, 0.6) is 0 Å². The Hall–Kier alpha value is -2.62. The molecule has 0 N–H and O–H groups in total. The van der Waals surface area contributed by atoms with Crippen molar-refractivity contribution >= 4 is 46.7 Å². The molecule has 0 saturated carbocycles. The van der Waals surface area contributed by atoms with Crippen molar-refractivity contribution < 1.29 is 0 Å². The van der Waals surface area contributed by atoms with E-state index in [1.807, 2.05) is 60.9 Å². The topological polar surface area (TPSA) is 30.2 Å². The van der Waals surface area contributed by atoms with Crippen LogP contribution in [0.15, 0.2) is 72.0 Å². The highest BCUT2D eigenvalue weighted by molar-refractivity contribution is 6.30. The summed E-state index contributed by atoms with van der Waals surface area (Å²) in [6.07, 6.45) is 5.60. The first-order valence-electron chi connectivity index (χ1n) is 8.45. The predicted molar refractivity (Wildman–Crippen MR) is 116 cm³/mol. The van der Waals surface area contributed by atoms with Gasteiger partial charge in [0, 0.05) is 57.0 Å². The first kappa shape index (κ1) is 19.2. The highest BCUT2D eigenvalue weighted by atomic mass is 35.5. The zero-order valence-corrected chi connectivity index (χ0v) is 16.6. The number of benzene rings is 2. The molecule has 2 aromatic carbocycles. The van der Waals surface area contributed by atoms with Crippen molar-refractivity contribution in [1.82, 2.24) is 9.55 Å². The SMILES string of the molecule is Cc1cc(C=Nc2cccc3cnccc23)c(C)n1-c1ccc(Cl)cc1.Cl.